The number of nitrogens with zero attached hydrogens (tertiary/aromatic N) is 1. The number of carbonyl (C=O) groups is 2. The zero-order valence-electron chi connectivity index (χ0n) is 15.3. The summed E-state index contributed by atoms with van der Waals surface area (Å²) in [4.78, 5) is 28.0. The number of nitrogens with one attached hydrogen (secondary N) is 1. The minimum absolute atomic E-state index is 0.0505. The number of hydrogen-bond donors (Lipinski definition) is 1. The minimum atomic E-state index is -0.362. The topological polar surface area (TPSA) is 49.4 Å². The van der Waals surface area contributed by atoms with E-state index in [9.17, 15) is 14.0 Å². The van der Waals surface area contributed by atoms with E-state index in [4.69, 9.17) is 0 Å². The zero-order chi connectivity index (χ0) is 19.2. The van der Waals surface area contributed by atoms with E-state index >= 15 is 0 Å². The Labute approximate surface area is 163 Å². The molecular formula is C21H23FN2O2S. The first-order chi connectivity index (χ1) is 13.1. The van der Waals surface area contributed by atoms with Crippen LogP contribution in [0, 0.1) is 11.7 Å². The largest absolute Gasteiger partial charge is 0.352 e. The minimum Gasteiger partial charge on any atom is -0.352 e. The molecular weight excluding hydrogens is 363 g/mol. The fraction of sp³-hybridized carbons (Fsp3) is 0.333. The maximum atomic E-state index is 13.0. The Balaban J connectivity index is 1.58. The highest BCUT2D eigenvalue weighted by molar-refractivity contribution is 7.98. The number of hydrogen-bond acceptors (Lipinski definition) is 3. The molecule has 0 radical (unpaired) electrons. The van der Waals surface area contributed by atoms with Crippen LogP contribution in [0.25, 0.3) is 0 Å². The van der Waals surface area contributed by atoms with Gasteiger partial charge in [-0.3, -0.25) is 9.59 Å². The van der Waals surface area contributed by atoms with E-state index in [0.29, 0.717) is 18.7 Å². The predicted octanol–water partition coefficient (Wildman–Crippen LogP) is 3.83. The van der Waals surface area contributed by atoms with Gasteiger partial charge in [-0.05, 0) is 61.4 Å². The number of benzene rings is 2. The Morgan fingerprint density at radius 1 is 1.19 bits per heavy atom. The van der Waals surface area contributed by atoms with Crippen molar-refractivity contribution in [1.82, 2.24) is 10.2 Å². The lowest BCUT2D eigenvalue weighted by molar-refractivity contribution is 0.0667. The lowest BCUT2D eigenvalue weighted by atomic mass is 9.97. The van der Waals surface area contributed by atoms with Crippen molar-refractivity contribution >= 4 is 23.6 Å². The Bertz CT molecular complexity index is 810. The third-order valence-corrected chi connectivity index (χ3v) is 5.60. The van der Waals surface area contributed by atoms with E-state index < -0.39 is 0 Å². The van der Waals surface area contributed by atoms with E-state index in [1.807, 2.05) is 35.4 Å². The van der Waals surface area contributed by atoms with Gasteiger partial charge in [-0.1, -0.05) is 12.1 Å². The molecule has 4 nitrogen and oxygen atoms in total. The molecule has 27 heavy (non-hydrogen) atoms. The molecule has 2 amide bonds. The number of halogens is 1. The van der Waals surface area contributed by atoms with Gasteiger partial charge in [-0.2, -0.15) is 0 Å². The number of rotatable bonds is 5. The summed E-state index contributed by atoms with van der Waals surface area (Å²) in [6, 6.07) is 13.2. The van der Waals surface area contributed by atoms with Crippen molar-refractivity contribution in [3.05, 3.63) is 65.5 Å². The molecule has 2 aromatic carbocycles. The molecule has 6 heteroatoms. The van der Waals surface area contributed by atoms with Crippen molar-refractivity contribution in [1.29, 1.82) is 0 Å². The van der Waals surface area contributed by atoms with Crippen LogP contribution in [-0.2, 0) is 0 Å². The molecule has 1 heterocycles. The molecule has 0 saturated carbocycles. The van der Waals surface area contributed by atoms with Gasteiger partial charge in [0.2, 0.25) is 0 Å². The SMILES string of the molecule is CSc1ccccc1C(=O)N1CCC[C@@H](CNC(=O)c2ccc(F)cc2)C1. The zero-order valence-corrected chi connectivity index (χ0v) is 16.1. The fourth-order valence-corrected chi connectivity index (χ4v) is 3.94. The van der Waals surface area contributed by atoms with Crippen molar-refractivity contribution < 1.29 is 14.0 Å². The van der Waals surface area contributed by atoms with Crippen LogP contribution in [0.2, 0.25) is 0 Å². The first-order valence-electron chi connectivity index (χ1n) is 9.04. The number of carbonyl (C=O) groups excluding carboxylic acids is 2. The lowest BCUT2D eigenvalue weighted by Gasteiger charge is -2.33. The average Bonchev–Trinajstić information content (AvgIpc) is 2.72. The summed E-state index contributed by atoms with van der Waals surface area (Å²) >= 11 is 1.57. The second-order valence-corrected chi connectivity index (χ2v) is 7.52. The molecule has 1 N–H and O–H groups in total. The van der Waals surface area contributed by atoms with Crippen LogP contribution in [0.5, 0.6) is 0 Å². The molecule has 1 atom stereocenters. The summed E-state index contributed by atoms with van der Waals surface area (Å²) < 4.78 is 13.0. The van der Waals surface area contributed by atoms with E-state index in [0.717, 1.165) is 29.8 Å². The van der Waals surface area contributed by atoms with Gasteiger partial charge in [0.25, 0.3) is 11.8 Å². The van der Waals surface area contributed by atoms with Crippen LogP contribution in [-0.4, -0.2) is 42.6 Å². The van der Waals surface area contributed by atoms with Gasteiger partial charge in [0.15, 0.2) is 0 Å². The maximum Gasteiger partial charge on any atom is 0.254 e. The third kappa shape index (κ3) is 4.89. The monoisotopic (exact) mass is 386 g/mol. The molecule has 2 aromatic rings. The summed E-state index contributed by atoms with van der Waals surface area (Å²) in [5.41, 5.74) is 1.18. The molecule has 1 aliphatic rings. The van der Waals surface area contributed by atoms with Gasteiger partial charge in [0.05, 0.1) is 5.56 Å². The van der Waals surface area contributed by atoms with Crippen molar-refractivity contribution in [3.8, 4) is 0 Å². The Morgan fingerprint density at radius 2 is 1.93 bits per heavy atom. The molecule has 0 spiro atoms. The second-order valence-electron chi connectivity index (χ2n) is 6.68. The normalized spacial score (nSPS) is 16.8. The maximum absolute atomic E-state index is 13.0. The van der Waals surface area contributed by atoms with Crippen LogP contribution in [0.1, 0.15) is 33.6 Å². The van der Waals surface area contributed by atoms with E-state index in [2.05, 4.69) is 5.32 Å². The molecule has 0 aliphatic carbocycles. The van der Waals surface area contributed by atoms with Crippen LogP contribution in [0.3, 0.4) is 0 Å². The van der Waals surface area contributed by atoms with Gasteiger partial charge < -0.3 is 10.2 Å². The van der Waals surface area contributed by atoms with Crippen LogP contribution >= 0.6 is 11.8 Å². The fourth-order valence-electron chi connectivity index (χ4n) is 3.35. The standard InChI is InChI=1S/C21H23FN2O2S/c1-27-19-7-3-2-6-18(19)21(26)24-12-4-5-15(14-24)13-23-20(25)16-8-10-17(22)11-9-16/h2-3,6-11,15H,4-5,12-14H2,1H3,(H,23,25)/t15-/m0/s1. The molecule has 1 aliphatic heterocycles. The van der Waals surface area contributed by atoms with Gasteiger partial charge in [-0.15, -0.1) is 11.8 Å². The molecule has 0 bridgehead atoms. The van der Waals surface area contributed by atoms with Gasteiger partial charge in [-0.25, -0.2) is 4.39 Å². The Morgan fingerprint density at radius 3 is 2.67 bits per heavy atom. The van der Waals surface area contributed by atoms with E-state index in [-0.39, 0.29) is 23.5 Å². The lowest BCUT2D eigenvalue weighted by Crippen LogP contribution is -2.43. The summed E-state index contributed by atoms with van der Waals surface area (Å²) in [6.07, 6.45) is 3.86. The highest BCUT2D eigenvalue weighted by Crippen LogP contribution is 2.24. The number of piperidine rings is 1. The molecule has 1 saturated heterocycles. The summed E-state index contributed by atoms with van der Waals surface area (Å²) in [5.74, 6) is -0.312. The van der Waals surface area contributed by atoms with Gasteiger partial charge >= 0.3 is 0 Å². The molecule has 1 fully saturated rings. The van der Waals surface area contributed by atoms with Crippen molar-refractivity contribution in [2.24, 2.45) is 5.92 Å². The Hall–Kier alpha value is -2.34. The smallest absolute Gasteiger partial charge is 0.254 e. The first kappa shape index (κ1) is 19.4. The Kier molecular flexibility index (Phi) is 6.50. The summed E-state index contributed by atoms with van der Waals surface area (Å²) in [7, 11) is 0. The van der Waals surface area contributed by atoms with Crippen molar-refractivity contribution in [2.45, 2.75) is 17.7 Å². The number of likely N-dealkylation sites (tertiary alicyclic amines) is 1. The molecule has 0 unspecified atom stereocenters. The van der Waals surface area contributed by atoms with Gasteiger partial charge in [0.1, 0.15) is 5.82 Å². The van der Waals surface area contributed by atoms with Crippen LogP contribution in [0.4, 0.5) is 4.39 Å². The molecule has 0 aromatic heterocycles. The van der Waals surface area contributed by atoms with Crippen LogP contribution in [0.15, 0.2) is 53.4 Å². The molecule has 3 rings (SSSR count). The van der Waals surface area contributed by atoms with E-state index in [1.165, 1.54) is 24.3 Å². The second kappa shape index (κ2) is 9.04. The van der Waals surface area contributed by atoms with Crippen molar-refractivity contribution in [3.63, 3.8) is 0 Å². The highest BCUT2D eigenvalue weighted by Gasteiger charge is 2.26. The molecule has 142 valence electrons. The predicted molar refractivity (Wildman–Crippen MR) is 106 cm³/mol. The first-order valence-corrected chi connectivity index (χ1v) is 10.3. The van der Waals surface area contributed by atoms with Gasteiger partial charge in [0, 0.05) is 30.1 Å². The highest BCUT2D eigenvalue weighted by atomic mass is 32.2. The number of thioether (sulfide) groups is 1. The summed E-state index contributed by atoms with van der Waals surface area (Å²) in [5, 5.41) is 2.91. The van der Waals surface area contributed by atoms with Crippen molar-refractivity contribution in [2.75, 3.05) is 25.9 Å². The quantitative estimate of drug-likeness (QED) is 0.795. The third-order valence-electron chi connectivity index (χ3n) is 4.80. The van der Waals surface area contributed by atoms with E-state index in [1.54, 1.807) is 11.8 Å². The van der Waals surface area contributed by atoms with Crippen LogP contribution < -0.4 is 5.32 Å². The summed E-state index contributed by atoms with van der Waals surface area (Å²) in [6.45, 7) is 1.87. The average molecular weight is 386 g/mol. The number of amides is 2.